The molecule has 3 aromatic rings. The predicted molar refractivity (Wildman–Crippen MR) is 85.3 cm³/mol. The van der Waals surface area contributed by atoms with Gasteiger partial charge in [-0.3, -0.25) is 0 Å². The Morgan fingerprint density at radius 1 is 0.913 bits per heavy atom. The summed E-state index contributed by atoms with van der Waals surface area (Å²) in [4.78, 5) is 0. The zero-order chi connectivity index (χ0) is 16.1. The Bertz CT molecular complexity index is 837. The smallest absolute Gasteiger partial charge is 0.238 e. The van der Waals surface area contributed by atoms with Gasteiger partial charge in [-0.2, -0.15) is 5.26 Å². The van der Waals surface area contributed by atoms with E-state index in [0.717, 1.165) is 17.0 Å². The second-order valence-corrected chi connectivity index (χ2v) is 4.70. The van der Waals surface area contributed by atoms with Crippen LogP contribution in [-0.4, -0.2) is 17.3 Å². The van der Waals surface area contributed by atoms with E-state index in [1.54, 1.807) is 37.4 Å². The molecule has 0 atom stereocenters. The molecule has 5 heteroatoms. The Morgan fingerprint density at radius 3 is 2.35 bits per heavy atom. The van der Waals surface area contributed by atoms with Crippen molar-refractivity contribution in [3.8, 4) is 34.7 Å². The molecule has 0 aliphatic heterocycles. The van der Waals surface area contributed by atoms with E-state index in [2.05, 4.69) is 16.3 Å². The van der Waals surface area contributed by atoms with Crippen LogP contribution < -0.4 is 9.47 Å². The average Bonchev–Trinajstić information content (AvgIpc) is 2.63. The molecule has 23 heavy (non-hydrogen) atoms. The van der Waals surface area contributed by atoms with E-state index in [-0.39, 0.29) is 0 Å². The summed E-state index contributed by atoms with van der Waals surface area (Å²) in [5.41, 5.74) is 2.12. The molecule has 2 aromatic carbocycles. The Balaban J connectivity index is 1.80. The summed E-state index contributed by atoms with van der Waals surface area (Å²) in [5, 5.41) is 17.3. The van der Waals surface area contributed by atoms with Crippen LogP contribution in [-0.2, 0) is 0 Å². The van der Waals surface area contributed by atoms with Gasteiger partial charge >= 0.3 is 0 Å². The number of ether oxygens (including phenoxy) is 2. The number of aromatic nitrogens is 2. The molecule has 0 bridgehead atoms. The van der Waals surface area contributed by atoms with E-state index in [4.69, 9.17) is 14.7 Å². The zero-order valence-electron chi connectivity index (χ0n) is 12.4. The van der Waals surface area contributed by atoms with Gasteiger partial charge in [-0.1, -0.05) is 12.1 Å². The largest absolute Gasteiger partial charge is 0.497 e. The average molecular weight is 303 g/mol. The molecule has 1 aromatic heterocycles. The third-order valence-electron chi connectivity index (χ3n) is 3.25. The van der Waals surface area contributed by atoms with Gasteiger partial charge in [0.15, 0.2) is 0 Å². The molecule has 0 unspecified atom stereocenters. The number of para-hydroxylation sites is 1. The first-order valence-electron chi connectivity index (χ1n) is 6.95. The van der Waals surface area contributed by atoms with Crippen molar-refractivity contribution in [2.24, 2.45) is 0 Å². The molecule has 0 aliphatic rings. The van der Waals surface area contributed by atoms with Crippen LogP contribution in [0.25, 0.3) is 11.3 Å². The molecule has 0 radical (unpaired) electrons. The molecule has 0 spiro atoms. The fourth-order valence-electron chi connectivity index (χ4n) is 2.05. The van der Waals surface area contributed by atoms with Gasteiger partial charge in [-0.05, 0) is 42.5 Å². The quantitative estimate of drug-likeness (QED) is 0.733. The van der Waals surface area contributed by atoms with Crippen molar-refractivity contribution in [1.82, 2.24) is 10.2 Å². The molecule has 0 fully saturated rings. The number of nitriles is 1. The highest BCUT2D eigenvalue weighted by Crippen LogP contribution is 2.25. The van der Waals surface area contributed by atoms with Crippen LogP contribution in [0, 0.1) is 11.3 Å². The van der Waals surface area contributed by atoms with Crippen LogP contribution in [0.5, 0.6) is 17.4 Å². The topological polar surface area (TPSA) is 68.0 Å². The second-order valence-electron chi connectivity index (χ2n) is 4.70. The molecule has 0 saturated heterocycles. The fourth-order valence-corrected chi connectivity index (χ4v) is 2.05. The van der Waals surface area contributed by atoms with Gasteiger partial charge in [-0.25, -0.2) is 0 Å². The Kier molecular flexibility index (Phi) is 4.16. The lowest BCUT2D eigenvalue weighted by Crippen LogP contribution is -1.94. The minimum absolute atomic E-state index is 0.338. The zero-order valence-corrected chi connectivity index (χ0v) is 12.4. The van der Waals surface area contributed by atoms with E-state index in [9.17, 15) is 0 Å². The summed E-state index contributed by atoms with van der Waals surface area (Å²) >= 11 is 0. The first-order valence-corrected chi connectivity index (χ1v) is 6.95. The van der Waals surface area contributed by atoms with E-state index in [0.29, 0.717) is 17.2 Å². The standard InChI is InChI=1S/C18H13N3O2/c1-22-15-8-6-13(7-9-15)16-10-11-18(21-20-16)23-17-5-3-2-4-14(17)12-19/h2-11H,1H3. The highest BCUT2D eigenvalue weighted by atomic mass is 16.5. The van der Waals surface area contributed by atoms with Crippen LogP contribution in [0.1, 0.15) is 5.56 Å². The van der Waals surface area contributed by atoms with E-state index in [1.165, 1.54) is 0 Å². The molecule has 0 N–H and O–H groups in total. The van der Waals surface area contributed by atoms with Crippen molar-refractivity contribution in [3.63, 3.8) is 0 Å². The summed E-state index contributed by atoms with van der Waals surface area (Å²) in [6, 6.07) is 20.2. The maximum absolute atomic E-state index is 9.06. The number of rotatable bonds is 4. The van der Waals surface area contributed by atoms with Gasteiger partial charge < -0.3 is 9.47 Å². The third kappa shape index (κ3) is 3.27. The number of nitrogens with zero attached hydrogens (tertiary/aromatic N) is 3. The molecule has 0 amide bonds. The Hall–Kier alpha value is -3.39. The summed E-state index contributed by atoms with van der Waals surface area (Å²) < 4.78 is 10.7. The van der Waals surface area contributed by atoms with Crippen LogP contribution in [0.4, 0.5) is 0 Å². The molecule has 0 aliphatic carbocycles. The van der Waals surface area contributed by atoms with E-state index < -0.39 is 0 Å². The highest BCUT2D eigenvalue weighted by molar-refractivity contribution is 5.59. The Morgan fingerprint density at radius 2 is 1.70 bits per heavy atom. The maximum Gasteiger partial charge on any atom is 0.238 e. The maximum atomic E-state index is 9.06. The molecule has 0 saturated carbocycles. The SMILES string of the molecule is COc1ccc(-c2ccc(Oc3ccccc3C#N)nn2)cc1. The highest BCUT2D eigenvalue weighted by Gasteiger charge is 2.06. The van der Waals surface area contributed by atoms with Crippen LogP contribution in [0.2, 0.25) is 0 Å². The van der Waals surface area contributed by atoms with Crippen molar-refractivity contribution >= 4 is 0 Å². The van der Waals surface area contributed by atoms with Gasteiger partial charge in [-0.15, -0.1) is 10.2 Å². The molecular formula is C18H13N3O2. The Labute approximate surface area is 133 Å². The summed E-state index contributed by atoms with van der Waals surface area (Å²) in [6.45, 7) is 0. The van der Waals surface area contributed by atoms with Gasteiger partial charge in [0.05, 0.1) is 18.4 Å². The van der Waals surface area contributed by atoms with Crippen molar-refractivity contribution in [2.75, 3.05) is 7.11 Å². The number of hydrogen-bond acceptors (Lipinski definition) is 5. The van der Waals surface area contributed by atoms with Gasteiger partial charge in [0, 0.05) is 11.6 Å². The lowest BCUT2D eigenvalue weighted by Gasteiger charge is -2.06. The van der Waals surface area contributed by atoms with Crippen LogP contribution in [0.15, 0.2) is 60.7 Å². The number of hydrogen-bond donors (Lipinski definition) is 0. The fraction of sp³-hybridized carbons (Fsp3) is 0.0556. The number of methoxy groups -OCH3 is 1. The second kappa shape index (κ2) is 6.58. The van der Waals surface area contributed by atoms with Gasteiger partial charge in [0.1, 0.15) is 17.6 Å². The van der Waals surface area contributed by atoms with Crippen molar-refractivity contribution in [2.45, 2.75) is 0 Å². The summed E-state index contributed by atoms with van der Waals surface area (Å²) in [5.74, 6) is 1.58. The number of benzene rings is 2. The first-order chi connectivity index (χ1) is 11.3. The van der Waals surface area contributed by atoms with Gasteiger partial charge in [0.25, 0.3) is 0 Å². The molecule has 5 nitrogen and oxygen atoms in total. The van der Waals surface area contributed by atoms with E-state index >= 15 is 0 Å². The summed E-state index contributed by atoms with van der Waals surface area (Å²) in [6.07, 6.45) is 0. The van der Waals surface area contributed by atoms with Gasteiger partial charge in [0.2, 0.25) is 5.88 Å². The van der Waals surface area contributed by atoms with E-state index in [1.807, 2.05) is 30.3 Å². The molecule has 112 valence electrons. The lowest BCUT2D eigenvalue weighted by molar-refractivity contribution is 0.415. The normalized spacial score (nSPS) is 9.91. The monoisotopic (exact) mass is 303 g/mol. The van der Waals surface area contributed by atoms with Crippen molar-refractivity contribution in [1.29, 1.82) is 5.26 Å². The lowest BCUT2D eigenvalue weighted by atomic mass is 10.1. The summed E-state index contributed by atoms with van der Waals surface area (Å²) in [7, 11) is 1.63. The third-order valence-corrected chi connectivity index (χ3v) is 3.25. The molecular weight excluding hydrogens is 290 g/mol. The minimum atomic E-state index is 0.338. The van der Waals surface area contributed by atoms with Crippen LogP contribution in [0.3, 0.4) is 0 Å². The van der Waals surface area contributed by atoms with Crippen LogP contribution >= 0.6 is 0 Å². The molecule has 1 heterocycles. The minimum Gasteiger partial charge on any atom is -0.497 e. The molecule has 3 rings (SSSR count). The predicted octanol–water partition coefficient (Wildman–Crippen LogP) is 3.82. The first kappa shape index (κ1) is 14.5. The van der Waals surface area contributed by atoms with Crippen molar-refractivity contribution < 1.29 is 9.47 Å². The van der Waals surface area contributed by atoms with Crippen molar-refractivity contribution in [3.05, 3.63) is 66.2 Å².